The van der Waals surface area contributed by atoms with Gasteiger partial charge in [0, 0.05) is 56.9 Å². The summed E-state index contributed by atoms with van der Waals surface area (Å²) < 4.78 is 34.1. The Morgan fingerprint density at radius 2 is 1.77 bits per heavy atom. The molecule has 2 unspecified atom stereocenters. The quantitative estimate of drug-likeness (QED) is 0.639. The van der Waals surface area contributed by atoms with Crippen LogP contribution in [-0.4, -0.2) is 94.5 Å². The van der Waals surface area contributed by atoms with Gasteiger partial charge in [-0.2, -0.15) is 0 Å². The molecule has 2 amide bonds. The van der Waals surface area contributed by atoms with Crippen molar-refractivity contribution < 1.29 is 27.5 Å². The van der Waals surface area contributed by atoms with Gasteiger partial charge in [0.05, 0.1) is 31.6 Å². The predicted octanol–water partition coefficient (Wildman–Crippen LogP) is 0.388. The molecule has 3 saturated heterocycles. The van der Waals surface area contributed by atoms with Crippen LogP contribution >= 0.6 is 0 Å². The number of carbonyl (C=O) groups excluding carboxylic acids is 2. The smallest absolute Gasteiger partial charge is 0.228 e. The molecule has 9 nitrogen and oxygen atoms in total. The van der Waals surface area contributed by atoms with Crippen molar-refractivity contribution in [2.75, 3.05) is 63.3 Å². The Balaban J connectivity index is 1.36. The maximum atomic E-state index is 13.1. The number of amides is 2. The van der Waals surface area contributed by atoms with E-state index in [9.17, 15) is 18.0 Å². The summed E-state index contributed by atoms with van der Waals surface area (Å²) in [6.07, 6.45) is 0.863. The molecular formula is C21H29N3O6S. The van der Waals surface area contributed by atoms with Crippen LogP contribution in [0.4, 0.5) is 5.69 Å². The second kappa shape index (κ2) is 8.66. The lowest BCUT2D eigenvalue weighted by atomic mass is 10.1. The van der Waals surface area contributed by atoms with E-state index in [1.165, 1.54) is 0 Å². The lowest BCUT2D eigenvalue weighted by Gasteiger charge is -2.38. The van der Waals surface area contributed by atoms with Crippen molar-refractivity contribution in [3.05, 3.63) is 18.2 Å². The third kappa shape index (κ3) is 4.50. The molecule has 31 heavy (non-hydrogen) atoms. The van der Waals surface area contributed by atoms with Gasteiger partial charge >= 0.3 is 0 Å². The van der Waals surface area contributed by atoms with Crippen molar-refractivity contribution in [1.29, 1.82) is 0 Å². The van der Waals surface area contributed by atoms with Crippen LogP contribution < -0.4 is 14.4 Å². The van der Waals surface area contributed by atoms with Crippen LogP contribution in [0.25, 0.3) is 0 Å². The number of hydrogen-bond donors (Lipinski definition) is 0. The summed E-state index contributed by atoms with van der Waals surface area (Å²) in [5.41, 5.74) is 0.685. The lowest BCUT2D eigenvalue weighted by molar-refractivity contribution is -0.137. The zero-order valence-corrected chi connectivity index (χ0v) is 18.8. The molecule has 0 radical (unpaired) electrons. The third-order valence-corrected chi connectivity index (χ3v) is 8.25. The molecule has 4 rings (SSSR count). The van der Waals surface area contributed by atoms with E-state index in [1.807, 2.05) is 4.90 Å². The predicted molar refractivity (Wildman–Crippen MR) is 115 cm³/mol. The number of ether oxygens (including phenoxy) is 2. The summed E-state index contributed by atoms with van der Waals surface area (Å²) >= 11 is 0. The normalized spacial score (nSPS) is 26.3. The maximum Gasteiger partial charge on any atom is 0.228 e. The van der Waals surface area contributed by atoms with Gasteiger partial charge in [-0.1, -0.05) is 0 Å². The molecule has 3 heterocycles. The summed E-state index contributed by atoms with van der Waals surface area (Å²) in [7, 11) is 0.178. The minimum Gasteiger partial charge on any atom is -0.493 e. The average Bonchev–Trinajstić information content (AvgIpc) is 3.34. The fourth-order valence-electron chi connectivity index (χ4n) is 4.74. The third-order valence-electron chi connectivity index (χ3n) is 6.50. The molecule has 170 valence electrons. The lowest BCUT2D eigenvalue weighted by Crippen LogP contribution is -2.53. The largest absolute Gasteiger partial charge is 0.493 e. The first kappa shape index (κ1) is 21.9. The fraction of sp³-hybridized carbons (Fsp3) is 0.619. The number of benzene rings is 1. The summed E-state index contributed by atoms with van der Waals surface area (Å²) in [6, 6.07) is 5.35. The molecule has 3 aliphatic rings. The van der Waals surface area contributed by atoms with Crippen molar-refractivity contribution in [2.24, 2.45) is 5.92 Å². The highest BCUT2D eigenvalue weighted by Gasteiger charge is 2.39. The van der Waals surface area contributed by atoms with Gasteiger partial charge in [0.25, 0.3) is 0 Å². The first-order chi connectivity index (χ1) is 14.8. The Kier molecular flexibility index (Phi) is 6.11. The number of carbonyl (C=O) groups is 2. The molecular weight excluding hydrogens is 422 g/mol. The fourth-order valence-corrected chi connectivity index (χ4v) is 6.51. The van der Waals surface area contributed by atoms with Crippen LogP contribution in [0.15, 0.2) is 18.2 Å². The van der Waals surface area contributed by atoms with E-state index in [-0.39, 0.29) is 41.7 Å². The standard InChI is InChI=1S/C21H29N3O6S/c1-29-18-4-3-16(12-19(18)30-2)24-13-15(11-20(24)25)21(26)23-8-6-22(7-9-23)17-5-10-31(27,28)14-17/h3-4,12,15,17H,5-11,13-14H2,1-2H3. The summed E-state index contributed by atoms with van der Waals surface area (Å²) in [4.78, 5) is 31.3. The Hall–Kier alpha value is -2.33. The second-order valence-corrected chi connectivity index (χ2v) is 10.6. The highest BCUT2D eigenvalue weighted by molar-refractivity contribution is 7.91. The van der Waals surface area contributed by atoms with E-state index in [2.05, 4.69) is 4.90 Å². The Morgan fingerprint density at radius 1 is 1.06 bits per heavy atom. The average molecular weight is 452 g/mol. The van der Waals surface area contributed by atoms with Gasteiger partial charge in [-0.05, 0) is 18.6 Å². The maximum absolute atomic E-state index is 13.1. The van der Waals surface area contributed by atoms with Crippen molar-refractivity contribution in [1.82, 2.24) is 9.80 Å². The molecule has 10 heteroatoms. The summed E-state index contributed by atoms with van der Waals surface area (Å²) in [5, 5.41) is 0. The van der Waals surface area contributed by atoms with Gasteiger partial charge in [0.15, 0.2) is 21.3 Å². The number of hydrogen-bond acceptors (Lipinski definition) is 7. The number of methoxy groups -OCH3 is 2. The number of rotatable bonds is 5. The van der Waals surface area contributed by atoms with Crippen LogP contribution in [0.5, 0.6) is 11.5 Å². The number of piperazine rings is 1. The van der Waals surface area contributed by atoms with E-state index in [0.29, 0.717) is 56.3 Å². The Bertz CT molecular complexity index is 958. The molecule has 3 aliphatic heterocycles. The monoisotopic (exact) mass is 451 g/mol. The van der Waals surface area contributed by atoms with Gasteiger partial charge in [0.1, 0.15) is 0 Å². The molecule has 1 aromatic rings. The van der Waals surface area contributed by atoms with Crippen LogP contribution in [0.3, 0.4) is 0 Å². The Labute approximate surface area is 182 Å². The van der Waals surface area contributed by atoms with Gasteiger partial charge in [-0.3, -0.25) is 14.5 Å². The topological polar surface area (TPSA) is 96.5 Å². The first-order valence-corrected chi connectivity index (χ1v) is 12.4. The number of sulfone groups is 1. The molecule has 1 aromatic carbocycles. The SMILES string of the molecule is COc1ccc(N2CC(C(=O)N3CCN(C4CCS(=O)(=O)C4)CC3)CC2=O)cc1OC. The van der Waals surface area contributed by atoms with Crippen molar-refractivity contribution in [2.45, 2.75) is 18.9 Å². The molecule has 0 aliphatic carbocycles. The van der Waals surface area contributed by atoms with Gasteiger partial charge in [-0.15, -0.1) is 0 Å². The Morgan fingerprint density at radius 3 is 2.39 bits per heavy atom. The zero-order valence-electron chi connectivity index (χ0n) is 18.0. The van der Waals surface area contributed by atoms with Crippen molar-refractivity contribution in [3.63, 3.8) is 0 Å². The van der Waals surface area contributed by atoms with Crippen LogP contribution in [0.2, 0.25) is 0 Å². The van der Waals surface area contributed by atoms with E-state index < -0.39 is 9.84 Å². The number of anilines is 1. The molecule has 2 atom stereocenters. The van der Waals surface area contributed by atoms with Gasteiger partial charge < -0.3 is 19.3 Å². The molecule has 0 aromatic heterocycles. The highest BCUT2D eigenvalue weighted by Crippen LogP contribution is 2.34. The zero-order chi connectivity index (χ0) is 22.2. The van der Waals surface area contributed by atoms with Crippen LogP contribution in [0, 0.1) is 5.92 Å². The molecule has 0 spiro atoms. The van der Waals surface area contributed by atoms with E-state index in [1.54, 1.807) is 37.3 Å². The van der Waals surface area contributed by atoms with E-state index >= 15 is 0 Å². The van der Waals surface area contributed by atoms with Gasteiger partial charge in [0.2, 0.25) is 11.8 Å². The van der Waals surface area contributed by atoms with Crippen LogP contribution in [0.1, 0.15) is 12.8 Å². The molecule has 3 fully saturated rings. The van der Waals surface area contributed by atoms with Crippen LogP contribution in [-0.2, 0) is 19.4 Å². The summed E-state index contributed by atoms with van der Waals surface area (Å²) in [6.45, 7) is 2.82. The first-order valence-electron chi connectivity index (χ1n) is 10.6. The minimum atomic E-state index is -2.92. The highest BCUT2D eigenvalue weighted by atomic mass is 32.2. The van der Waals surface area contributed by atoms with E-state index in [4.69, 9.17) is 9.47 Å². The number of nitrogens with zero attached hydrogens (tertiary/aromatic N) is 3. The van der Waals surface area contributed by atoms with Crippen molar-refractivity contribution >= 4 is 27.3 Å². The second-order valence-electron chi connectivity index (χ2n) is 8.36. The van der Waals surface area contributed by atoms with E-state index in [0.717, 1.165) is 0 Å². The molecule has 0 saturated carbocycles. The summed E-state index contributed by atoms with van der Waals surface area (Å²) in [5.74, 6) is 1.13. The van der Waals surface area contributed by atoms with Crippen molar-refractivity contribution in [3.8, 4) is 11.5 Å². The molecule has 0 N–H and O–H groups in total. The van der Waals surface area contributed by atoms with Gasteiger partial charge in [-0.25, -0.2) is 8.42 Å². The minimum absolute atomic E-state index is 0.00461. The molecule has 0 bridgehead atoms.